The fraction of sp³-hybridized carbons (Fsp3) is 0.533. The van der Waals surface area contributed by atoms with Gasteiger partial charge in [-0.25, -0.2) is 0 Å². The van der Waals surface area contributed by atoms with Crippen LogP contribution >= 0.6 is 0 Å². The topological polar surface area (TPSA) is 50.4 Å². The van der Waals surface area contributed by atoms with Gasteiger partial charge in [-0.3, -0.25) is 4.79 Å². The second kappa shape index (κ2) is 10.5. The molecule has 4 nitrogen and oxygen atoms in total. The zero-order chi connectivity index (χ0) is 13.8. The van der Waals surface area contributed by atoms with Crippen molar-refractivity contribution in [2.75, 3.05) is 26.2 Å². The number of rotatable bonds is 10. The van der Waals surface area contributed by atoms with Crippen molar-refractivity contribution in [3.63, 3.8) is 0 Å². The lowest BCUT2D eigenvalue weighted by atomic mass is 10.2. The highest BCUT2D eigenvalue weighted by Crippen LogP contribution is 2.00. The molecule has 0 atom stereocenters. The molecular weight excluding hydrogens is 240 g/mol. The minimum Gasteiger partial charge on any atom is -0.377 e. The Labute approximate surface area is 115 Å². The lowest BCUT2D eigenvalue weighted by molar-refractivity contribution is -0.120. The van der Waals surface area contributed by atoms with Crippen LogP contribution in [0.1, 0.15) is 25.3 Å². The smallest absolute Gasteiger partial charge is 0.233 e. The average Bonchev–Trinajstić information content (AvgIpc) is 2.44. The summed E-state index contributed by atoms with van der Waals surface area (Å²) < 4.78 is 5.53. The standard InChI is InChI=1S/C15H24N2O2/c1-2-9-16-12-15(18)17-10-6-11-19-13-14-7-4-3-5-8-14/h3-5,7-8,16H,2,6,9-13H2,1H3,(H,17,18). The van der Waals surface area contributed by atoms with Gasteiger partial charge in [0.1, 0.15) is 0 Å². The first-order valence-electron chi connectivity index (χ1n) is 6.92. The van der Waals surface area contributed by atoms with E-state index in [1.54, 1.807) is 0 Å². The van der Waals surface area contributed by atoms with Gasteiger partial charge in [0.15, 0.2) is 0 Å². The van der Waals surface area contributed by atoms with Crippen LogP contribution < -0.4 is 10.6 Å². The highest BCUT2D eigenvalue weighted by molar-refractivity contribution is 5.77. The van der Waals surface area contributed by atoms with Crippen LogP contribution in [-0.4, -0.2) is 32.1 Å². The second-order valence-corrected chi connectivity index (χ2v) is 4.42. The average molecular weight is 264 g/mol. The summed E-state index contributed by atoms with van der Waals surface area (Å²) in [4.78, 5) is 11.4. The Morgan fingerprint density at radius 2 is 2.00 bits per heavy atom. The van der Waals surface area contributed by atoms with E-state index in [0.717, 1.165) is 19.4 Å². The molecule has 0 fully saturated rings. The molecule has 0 aliphatic carbocycles. The molecule has 106 valence electrons. The Balaban J connectivity index is 1.92. The number of hydrogen-bond acceptors (Lipinski definition) is 3. The molecule has 19 heavy (non-hydrogen) atoms. The number of hydrogen-bond donors (Lipinski definition) is 2. The zero-order valence-corrected chi connectivity index (χ0v) is 11.7. The van der Waals surface area contributed by atoms with Gasteiger partial charge in [0.05, 0.1) is 13.2 Å². The molecule has 0 aromatic heterocycles. The molecule has 1 rings (SSSR count). The highest BCUT2D eigenvalue weighted by Gasteiger charge is 1.98. The van der Waals surface area contributed by atoms with E-state index in [2.05, 4.69) is 17.6 Å². The minimum absolute atomic E-state index is 0.0523. The summed E-state index contributed by atoms with van der Waals surface area (Å²) in [6, 6.07) is 10.1. The summed E-state index contributed by atoms with van der Waals surface area (Å²) in [6.07, 6.45) is 1.88. The quantitative estimate of drug-likeness (QED) is 0.633. The summed E-state index contributed by atoms with van der Waals surface area (Å²) in [5.41, 5.74) is 1.18. The largest absolute Gasteiger partial charge is 0.377 e. The predicted molar refractivity (Wildman–Crippen MR) is 76.9 cm³/mol. The van der Waals surface area contributed by atoms with Crippen molar-refractivity contribution in [3.05, 3.63) is 35.9 Å². The Morgan fingerprint density at radius 3 is 2.74 bits per heavy atom. The number of amides is 1. The van der Waals surface area contributed by atoms with Crippen molar-refractivity contribution < 1.29 is 9.53 Å². The van der Waals surface area contributed by atoms with Crippen LogP contribution in [0, 0.1) is 0 Å². The number of nitrogens with one attached hydrogen (secondary N) is 2. The molecule has 1 aromatic rings. The van der Waals surface area contributed by atoms with E-state index in [1.807, 2.05) is 30.3 Å². The maximum absolute atomic E-state index is 11.4. The highest BCUT2D eigenvalue weighted by atomic mass is 16.5. The lowest BCUT2D eigenvalue weighted by Crippen LogP contribution is -2.34. The summed E-state index contributed by atoms with van der Waals surface area (Å²) in [6.45, 7) is 5.33. The molecule has 0 bridgehead atoms. The van der Waals surface area contributed by atoms with Crippen molar-refractivity contribution in [3.8, 4) is 0 Å². The molecule has 0 unspecified atom stereocenters. The van der Waals surface area contributed by atoms with E-state index in [-0.39, 0.29) is 5.91 Å². The summed E-state index contributed by atoms with van der Waals surface area (Å²) >= 11 is 0. The van der Waals surface area contributed by atoms with Gasteiger partial charge in [-0.05, 0) is 24.9 Å². The first kappa shape index (κ1) is 15.7. The number of benzene rings is 1. The summed E-state index contributed by atoms with van der Waals surface area (Å²) in [7, 11) is 0. The van der Waals surface area contributed by atoms with Crippen molar-refractivity contribution in [2.45, 2.75) is 26.4 Å². The molecule has 4 heteroatoms. The van der Waals surface area contributed by atoms with Crippen LogP contribution in [0.3, 0.4) is 0 Å². The Kier molecular flexibility index (Phi) is 8.68. The number of carbonyl (C=O) groups excluding carboxylic acids is 1. The number of carbonyl (C=O) groups is 1. The Bertz CT molecular complexity index is 341. The van der Waals surface area contributed by atoms with Crippen LogP contribution in [0.15, 0.2) is 30.3 Å². The van der Waals surface area contributed by atoms with Crippen LogP contribution in [0.5, 0.6) is 0 Å². The van der Waals surface area contributed by atoms with Crippen LogP contribution in [0.4, 0.5) is 0 Å². The van der Waals surface area contributed by atoms with E-state index in [9.17, 15) is 4.79 Å². The second-order valence-electron chi connectivity index (χ2n) is 4.42. The van der Waals surface area contributed by atoms with Crippen molar-refractivity contribution >= 4 is 5.91 Å². The first-order valence-corrected chi connectivity index (χ1v) is 6.92. The van der Waals surface area contributed by atoms with Gasteiger partial charge in [-0.2, -0.15) is 0 Å². The lowest BCUT2D eigenvalue weighted by Gasteiger charge is -2.07. The number of ether oxygens (including phenoxy) is 1. The van der Waals surface area contributed by atoms with Gasteiger partial charge in [-0.1, -0.05) is 37.3 Å². The fourth-order valence-electron chi connectivity index (χ4n) is 1.61. The van der Waals surface area contributed by atoms with Crippen molar-refractivity contribution in [2.24, 2.45) is 0 Å². The summed E-state index contributed by atoms with van der Waals surface area (Å²) in [5.74, 6) is 0.0523. The molecule has 0 aliphatic heterocycles. The monoisotopic (exact) mass is 264 g/mol. The van der Waals surface area contributed by atoms with Gasteiger partial charge < -0.3 is 15.4 Å². The molecule has 0 saturated heterocycles. The predicted octanol–water partition coefficient (Wildman–Crippen LogP) is 1.71. The minimum atomic E-state index is 0.0523. The normalized spacial score (nSPS) is 10.4. The maximum atomic E-state index is 11.4. The molecule has 0 heterocycles. The van der Waals surface area contributed by atoms with Gasteiger partial charge in [0.25, 0.3) is 0 Å². The van der Waals surface area contributed by atoms with E-state index in [0.29, 0.717) is 26.3 Å². The SMILES string of the molecule is CCCNCC(=O)NCCCOCc1ccccc1. The van der Waals surface area contributed by atoms with Crippen LogP contribution in [0.25, 0.3) is 0 Å². The van der Waals surface area contributed by atoms with Crippen LogP contribution in [-0.2, 0) is 16.1 Å². The summed E-state index contributed by atoms with van der Waals surface area (Å²) in [5, 5.41) is 5.92. The van der Waals surface area contributed by atoms with E-state index in [1.165, 1.54) is 5.56 Å². The van der Waals surface area contributed by atoms with E-state index >= 15 is 0 Å². The molecule has 1 amide bonds. The molecule has 0 saturated carbocycles. The first-order chi connectivity index (χ1) is 9.33. The third-order valence-electron chi connectivity index (χ3n) is 2.61. The Morgan fingerprint density at radius 1 is 1.21 bits per heavy atom. The van der Waals surface area contributed by atoms with E-state index < -0.39 is 0 Å². The molecule has 1 aromatic carbocycles. The van der Waals surface area contributed by atoms with Crippen molar-refractivity contribution in [1.82, 2.24) is 10.6 Å². The van der Waals surface area contributed by atoms with Gasteiger partial charge >= 0.3 is 0 Å². The zero-order valence-electron chi connectivity index (χ0n) is 11.7. The molecule has 0 radical (unpaired) electrons. The van der Waals surface area contributed by atoms with Crippen LogP contribution in [0.2, 0.25) is 0 Å². The maximum Gasteiger partial charge on any atom is 0.233 e. The molecule has 2 N–H and O–H groups in total. The molecule has 0 aliphatic rings. The molecular formula is C15H24N2O2. The van der Waals surface area contributed by atoms with Gasteiger partial charge in [0, 0.05) is 13.2 Å². The fourth-order valence-corrected chi connectivity index (χ4v) is 1.61. The van der Waals surface area contributed by atoms with Crippen molar-refractivity contribution in [1.29, 1.82) is 0 Å². The van der Waals surface area contributed by atoms with Gasteiger partial charge in [-0.15, -0.1) is 0 Å². The third-order valence-corrected chi connectivity index (χ3v) is 2.61. The van der Waals surface area contributed by atoms with E-state index in [4.69, 9.17) is 4.74 Å². The Hall–Kier alpha value is -1.39. The third kappa shape index (κ3) is 8.35. The molecule has 0 spiro atoms. The van der Waals surface area contributed by atoms with Gasteiger partial charge in [0.2, 0.25) is 5.91 Å².